The van der Waals surface area contributed by atoms with Gasteiger partial charge in [-0.05, 0) is 31.4 Å². The quantitative estimate of drug-likeness (QED) is 0.760. The fourth-order valence-corrected chi connectivity index (χ4v) is 1.94. The van der Waals surface area contributed by atoms with E-state index in [4.69, 9.17) is 10.5 Å². The van der Waals surface area contributed by atoms with Gasteiger partial charge >= 0.3 is 6.03 Å². The number of hydrogen-bond donors (Lipinski definition) is 3. The van der Waals surface area contributed by atoms with E-state index >= 15 is 0 Å². The SMILES string of the molecule is COc1cccc(NC(=O)NCC2(N)CCC2)c1. The predicted molar refractivity (Wildman–Crippen MR) is 70.8 cm³/mol. The maximum atomic E-state index is 11.7. The largest absolute Gasteiger partial charge is 0.497 e. The normalized spacial score (nSPS) is 16.6. The summed E-state index contributed by atoms with van der Waals surface area (Å²) in [6.45, 7) is 0.517. The Bertz CT molecular complexity index is 430. The van der Waals surface area contributed by atoms with Gasteiger partial charge in [0.15, 0.2) is 0 Å². The fourth-order valence-electron chi connectivity index (χ4n) is 1.94. The summed E-state index contributed by atoms with van der Waals surface area (Å²) < 4.78 is 5.09. The summed E-state index contributed by atoms with van der Waals surface area (Å²) in [6, 6.07) is 6.99. The number of rotatable bonds is 4. The Kier molecular flexibility index (Phi) is 3.72. The van der Waals surface area contributed by atoms with E-state index in [1.165, 1.54) is 0 Å². The lowest BCUT2D eigenvalue weighted by molar-refractivity contribution is 0.225. The molecule has 0 saturated heterocycles. The summed E-state index contributed by atoms with van der Waals surface area (Å²) in [6.07, 6.45) is 3.11. The number of nitrogens with two attached hydrogens (primary N) is 1. The Morgan fingerprint density at radius 2 is 2.28 bits per heavy atom. The molecule has 18 heavy (non-hydrogen) atoms. The van der Waals surface area contributed by atoms with Crippen LogP contribution in [0.1, 0.15) is 19.3 Å². The van der Waals surface area contributed by atoms with Crippen molar-refractivity contribution >= 4 is 11.7 Å². The highest BCUT2D eigenvalue weighted by atomic mass is 16.5. The second kappa shape index (κ2) is 5.27. The van der Waals surface area contributed by atoms with Crippen LogP contribution in [-0.4, -0.2) is 25.2 Å². The van der Waals surface area contributed by atoms with Crippen LogP contribution in [0.2, 0.25) is 0 Å². The molecule has 2 rings (SSSR count). The van der Waals surface area contributed by atoms with E-state index < -0.39 is 0 Å². The highest BCUT2D eigenvalue weighted by molar-refractivity contribution is 5.89. The Labute approximate surface area is 107 Å². The van der Waals surface area contributed by atoms with Gasteiger partial charge in [-0.1, -0.05) is 6.07 Å². The molecule has 5 nitrogen and oxygen atoms in total. The van der Waals surface area contributed by atoms with Gasteiger partial charge in [0.05, 0.1) is 7.11 Å². The number of carbonyl (C=O) groups is 1. The van der Waals surface area contributed by atoms with Crippen molar-refractivity contribution in [2.45, 2.75) is 24.8 Å². The van der Waals surface area contributed by atoms with Crippen LogP contribution < -0.4 is 21.1 Å². The fraction of sp³-hybridized carbons (Fsp3) is 0.462. The molecule has 0 heterocycles. The van der Waals surface area contributed by atoms with Gasteiger partial charge in [0.2, 0.25) is 0 Å². The van der Waals surface area contributed by atoms with Crippen LogP contribution in [0.25, 0.3) is 0 Å². The van der Waals surface area contributed by atoms with E-state index in [-0.39, 0.29) is 11.6 Å². The molecule has 0 unspecified atom stereocenters. The molecular weight excluding hydrogens is 230 g/mol. The van der Waals surface area contributed by atoms with E-state index in [1.54, 1.807) is 13.2 Å². The van der Waals surface area contributed by atoms with E-state index in [0.717, 1.165) is 19.3 Å². The van der Waals surface area contributed by atoms with Gasteiger partial charge < -0.3 is 21.1 Å². The monoisotopic (exact) mass is 249 g/mol. The van der Waals surface area contributed by atoms with Crippen LogP contribution in [0.4, 0.5) is 10.5 Å². The maximum Gasteiger partial charge on any atom is 0.319 e. The van der Waals surface area contributed by atoms with Crippen molar-refractivity contribution in [1.82, 2.24) is 5.32 Å². The van der Waals surface area contributed by atoms with Crippen LogP contribution in [0.3, 0.4) is 0 Å². The van der Waals surface area contributed by atoms with Gasteiger partial charge in [0, 0.05) is 23.8 Å². The molecule has 0 spiro atoms. The third kappa shape index (κ3) is 3.13. The first-order valence-corrected chi connectivity index (χ1v) is 6.09. The van der Waals surface area contributed by atoms with Crippen LogP contribution >= 0.6 is 0 Å². The Morgan fingerprint density at radius 3 is 2.89 bits per heavy atom. The zero-order valence-electron chi connectivity index (χ0n) is 10.5. The molecule has 0 aliphatic heterocycles. The van der Waals surface area contributed by atoms with Gasteiger partial charge in [-0.15, -0.1) is 0 Å². The number of carbonyl (C=O) groups excluding carboxylic acids is 1. The lowest BCUT2D eigenvalue weighted by atomic mass is 9.78. The van der Waals surface area contributed by atoms with Crippen molar-refractivity contribution in [3.8, 4) is 5.75 Å². The average Bonchev–Trinajstić information content (AvgIpc) is 2.34. The highest BCUT2D eigenvalue weighted by Gasteiger charge is 2.32. The molecule has 0 atom stereocenters. The Balaban J connectivity index is 1.82. The molecule has 0 aromatic heterocycles. The topological polar surface area (TPSA) is 76.4 Å². The number of methoxy groups -OCH3 is 1. The molecule has 1 aliphatic carbocycles. The smallest absolute Gasteiger partial charge is 0.319 e. The lowest BCUT2D eigenvalue weighted by Crippen LogP contribution is -2.55. The van der Waals surface area contributed by atoms with Crippen LogP contribution in [0.5, 0.6) is 5.75 Å². The van der Waals surface area contributed by atoms with Gasteiger partial charge in [-0.25, -0.2) is 4.79 Å². The summed E-state index contributed by atoms with van der Waals surface area (Å²) in [5.74, 6) is 0.710. The van der Waals surface area contributed by atoms with Crippen molar-refractivity contribution < 1.29 is 9.53 Å². The minimum Gasteiger partial charge on any atom is -0.497 e. The third-order valence-electron chi connectivity index (χ3n) is 3.28. The molecule has 4 N–H and O–H groups in total. The summed E-state index contributed by atoms with van der Waals surface area (Å²) in [4.78, 5) is 11.7. The summed E-state index contributed by atoms with van der Waals surface area (Å²) in [7, 11) is 1.59. The molecule has 0 radical (unpaired) electrons. The number of hydrogen-bond acceptors (Lipinski definition) is 3. The molecule has 1 aliphatic rings. The van der Waals surface area contributed by atoms with Gasteiger partial charge in [0.1, 0.15) is 5.75 Å². The second-order valence-electron chi connectivity index (χ2n) is 4.76. The molecule has 0 bridgehead atoms. The van der Waals surface area contributed by atoms with E-state index in [2.05, 4.69) is 10.6 Å². The number of benzene rings is 1. The number of anilines is 1. The average molecular weight is 249 g/mol. The zero-order chi connectivity index (χ0) is 13.0. The van der Waals surface area contributed by atoms with Crippen molar-refractivity contribution in [2.24, 2.45) is 5.73 Å². The van der Waals surface area contributed by atoms with Crippen molar-refractivity contribution in [3.63, 3.8) is 0 Å². The number of amides is 2. The minimum atomic E-state index is -0.236. The lowest BCUT2D eigenvalue weighted by Gasteiger charge is -2.38. The van der Waals surface area contributed by atoms with Crippen molar-refractivity contribution in [3.05, 3.63) is 24.3 Å². The van der Waals surface area contributed by atoms with Gasteiger partial charge in [-0.2, -0.15) is 0 Å². The zero-order valence-corrected chi connectivity index (χ0v) is 10.5. The van der Waals surface area contributed by atoms with Crippen molar-refractivity contribution in [2.75, 3.05) is 19.0 Å². The van der Waals surface area contributed by atoms with Crippen LogP contribution in [-0.2, 0) is 0 Å². The van der Waals surface area contributed by atoms with E-state index in [9.17, 15) is 4.79 Å². The number of nitrogens with one attached hydrogen (secondary N) is 2. The molecule has 98 valence electrons. The predicted octanol–water partition coefficient (Wildman–Crippen LogP) is 1.70. The van der Waals surface area contributed by atoms with E-state index in [0.29, 0.717) is 18.0 Å². The minimum absolute atomic E-state index is 0.203. The number of ether oxygens (including phenoxy) is 1. The highest BCUT2D eigenvalue weighted by Crippen LogP contribution is 2.28. The van der Waals surface area contributed by atoms with Gasteiger partial charge in [0.25, 0.3) is 0 Å². The van der Waals surface area contributed by atoms with Crippen molar-refractivity contribution in [1.29, 1.82) is 0 Å². The molecule has 1 aromatic carbocycles. The van der Waals surface area contributed by atoms with Crippen LogP contribution in [0.15, 0.2) is 24.3 Å². The molecule has 1 saturated carbocycles. The first kappa shape index (κ1) is 12.7. The molecule has 1 aromatic rings. The summed E-state index contributed by atoms with van der Waals surface area (Å²) >= 11 is 0. The first-order valence-electron chi connectivity index (χ1n) is 6.09. The molecule has 1 fully saturated rings. The van der Waals surface area contributed by atoms with Gasteiger partial charge in [-0.3, -0.25) is 0 Å². The summed E-state index contributed by atoms with van der Waals surface area (Å²) in [5, 5.41) is 5.55. The second-order valence-corrected chi connectivity index (χ2v) is 4.76. The third-order valence-corrected chi connectivity index (χ3v) is 3.28. The summed E-state index contributed by atoms with van der Waals surface area (Å²) in [5.41, 5.74) is 6.53. The molecular formula is C13H19N3O2. The van der Waals surface area contributed by atoms with E-state index in [1.807, 2.05) is 18.2 Å². The molecule has 2 amide bonds. The maximum absolute atomic E-state index is 11.7. The number of urea groups is 1. The standard InChI is InChI=1S/C13H19N3O2/c1-18-11-5-2-4-10(8-11)16-12(17)15-9-13(14)6-3-7-13/h2,4-5,8H,3,6-7,9,14H2,1H3,(H2,15,16,17). The first-order chi connectivity index (χ1) is 8.61. The Morgan fingerprint density at radius 1 is 1.50 bits per heavy atom. The Hall–Kier alpha value is -1.75. The molecule has 5 heteroatoms. The van der Waals surface area contributed by atoms with Crippen LogP contribution in [0, 0.1) is 0 Å².